The molecule has 2 aromatic heterocycles. The molecule has 0 aliphatic heterocycles. The summed E-state index contributed by atoms with van der Waals surface area (Å²) in [7, 11) is 0. The van der Waals surface area contributed by atoms with Crippen molar-refractivity contribution < 1.29 is 0 Å². The van der Waals surface area contributed by atoms with Gasteiger partial charge in [-0.25, -0.2) is 4.98 Å². The topological polar surface area (TPSA) is 34.9 Å². The van der Waals surface area contributed by atoms with Gasteiger partial charge in [-0.3, -0.25) is 9.36 Å². The third kappa shape index (κ3) is 2.76. The van der Waals surface area contributed by atoms with Gasteiger partial charge in [-0.15, -0.1) is 17.8 Å². The van der Waals surface area contributed by atoms with Crippen LogP contribution in [0.15, 0.2) is 29.1 Å². The SMILES string of the molecule is C#CCn1c(CCC)nc2sc(C)c(-c3ccc(C)cc3)c2c1=O. The van der Waals surface area contributed by atoms with E-state index in [0.717, 1.165) is 39.5 Å². The molecule has 0 radical (unpaired) electrons. The summed E-state index contributed by atoms with van der Waals surface area (Å²) in [5, 5.41) is 0.691. The highest BCUT2D eigenvalue weighted by Crippen LogP contribution is 2.35. The van der Waals surface area contributed by atoms with Gasteiger partial charge in [-0.1, -0.05) is 42.7 Å². The zero-order valence-corrected chi connectivity index (χ0v) is 15.0. The summed E-state index contributed by atoms with van der Waals surface area (Å²) < 4.78 is 1.65. The summed E-state index contributed by atoms with van der Waals surface area (Å²) >= 11 is 1.58. The molecule has 0 saturated carbocycles. The third-order valence-electron chi connectivity index (χ3n) is 4.13. The quantitative estimate of drug-likeness (QED) is 0.665. The summed E-state index contributed by atoms with van der Waals surface area (Å²) in [6.07, 6.45) is 7.16. The molecule has 3 aromatic rings. The lowest BCUT2D eigenvalue weighted by atomic mass is 10.0. The van der Waals surface area contributed by atoms with Gasteiger partial charge in [0.25, 0.3) is 5.56 Å². The van der Waals surface area contributed by atoms with Crippen LogP contribution >= 0.6 is 11.3 Å². The Morgan fingerprint density at radius 2 is 1.96 bits per heavy atom. The molecule has 4 heteroatoms. The molecule has 0 amide bonds. The maximum atomic E-state index is 13.1. The second kappa shape index (κ2) is 6.62. The maximum absolute atomic E-state index is 13.1. The Balaban J connectivity index is 2.34. The normalized spacial score (nSPS) is 10.9. The van der Waals surface area contributed by atoms with Crippen LogP contribution in [-0.2, 0) is 13.0 Å². The fraction of sp³-hybridized carbons (Fsp3) is 0.300. The lowest BCUT2D eigenvalue weighted by Gasteiger charge is -2.10. The largest absolute Gasteiger partial charge is 0.284 e. The van der Waals surface area contributed by atoms with Gasteiger partial charge in [-0.2, -0.15) is 0 Å². The first kappa shape index (κ1) is 16.5. The van der Waals surface area contributed by atoms with E-state index in [9.17, 15) is 4.79 Å². The molecule has 3 rings (SSSR count). The predicted molar refractivity (Wildman–Crippen MR) is 102 cm³/mol. The van der Waals surface area contributed by atoms with Crippen LogP contribution in [-0.4, -0.2) is 9.55 Å². The second-order valence-electron chi connectivity index (χ2n) is 5.95. The average Bonchev–Trinajstić information content (AvgIpc) is 2.88. The maximum Gasteiger partial charge on any atom is 0.263 e. The van der Waals surface area contributed by atoms with Crippen LogP contribution in [0.4, 0.5) is 0 Å². The lowest BCUT2D eigenvalue weighted by Crippen LogP contribution is -2.24. The van der Waals surface area contributed by atoms with Gasteiger partial charge in [0.1, 0.15) is 10.7 Å². The number of rotatable bonds is 4. The van der Waals surface area contributed by atoms with Gasteiger partial charge in [0.2, 0.25) is 0 Å². The number of hydrogen-bond donors (Lipinski definition) is 0. The summed E-state index contributed by atoms with van der Waals surface area (Å²) in [4.78, 5) is 19.8. The first-order valence-electron chi connectivity index (χ1n) is 8.10. The first-order chi connectivity index (χ1) is 11.6. The summed E-state index contributed by atoms with van der Waals surface area (Å²) in [5.74, 6) is 3.37. The van der Waals surface area contributed by atoms with Crippen LogP contribution in [0.1, 0.15) is 29.6 Å². The number of aromatic nitrogens is 2. The van der Waals surface area contributed by atoms with Crippen molar-refractivity contribution in [3.05, 3.63) is 50.9 Å². The van der Waals surface area contributed by atoms with E-state index in [-0.39, 0.29) is 12.1 Å². The van der Waals surface area contributed by atoms with Gasteiger partial charge in [0, 0.05) is 16.9 Å². The van der Waals surface area contributed by atoms with Crippen molar-refractivity contribution in [1.82, 2.24) is 9.55 Å². The number of benzene rings is 1. The minimum atomic E-state index is -0.0266. The van der Waals surface area contributed by atoms with Crippen molar-refractivity contribution in [2.24, 2.45) is 0 Å². The molecule has 0 N–H and O–H groups in total. The fourth-order valence-corrected chi connectivity index (χ4v) is 4.03. The monoisotopic (exact) mass is 336 g/mol. The van der Waals surface area contributed by atoms with Gasteiger partial charge in [0.15, 0.2) is 0 Å². The van der Waals surface area contributed by atoms with Crippen LogP contribution < -0.4 is 5.56 Å². The van der Waals surface area contributed by atoms with Crippen molar-refractivity contribution in [1.29, 1.82) is 0 Å². The van der Waals surface area contributed by atoms with E-state index in [1.165, 1.54) is 5.56 Å². The molecule has 0 aliphatic carbocycles. The Hall–Kier alpha value is -2.38. The zero-order chi connectivity index (χ0) is 17.3. The Labute approximate surface area is 146 Å². The number of hydrogen-bond acceptors (Lipinski definition) is 3. The summed E-state index contributed by atoms with van der Waals surface area (Å²) in [6, 6.07) is 8.26. The number of aryl methyl sites for hydroxylation is 3. The minimum absolute atomic E-state index is 0.0266. The van der Waals surface area contributed by atoms with Crippen molar-refractivity contribution in [3.63, 3.8) is 0 Å². The van der Waals surface area contributed by atoms with Crippen molar-refractivity contribution in [3.8, 4) is 23.5 Å². The van der Waals surface area contributed by atoms with Crippen molar-refractivity contribution >= 4 is 21.6 Å². The molecule has 0 saturated heterocycles. The Morgan fingerprint density at radius 3 is 2.58 bits per heavy atom. The highest BCUT2D eigenvalue weighted by Gasteiger charge is 2.19. The first-order valence-corrected chi connectivity index (χ1v) is 8.91. The van der Waals surface area contributed by atoms with Gasteiger partial charge < -0.3 is 0 Å². The van der Waals surface area contributed by atoms with E-state index >= 15 is 0 Å². The smallest absolute Gasteiger partial charge is 0.263 e. The predicted octanol–water partition coefficient (Wildman–Crippen LogP) is 4.33. The van der Waals surface area contributed by atoms with E-state index in [4.69, 9.17) is 11.4 Å². The van der Waals surface area contributed by atoms with E-state index in [1.807, 2.05) is 6.92 Å². The molecule has 0 atom stereocenters. The second-order valence-corrected chi connectivity index (χ2v) is 7.16. The van der Waals surface area contributed by atoms with E-state index in [2.05, 4.69) is 44.0 Å². The highest BCUT2D eigenvalue weighted by molar-refractivity contribution is 7.19. The highest BCUT2D eigenvalue weighted by atomic mass is 32.1. The van der Waals surface area contributed by atoms with Crippen molar-refractivity contribution in [2.45, 2.75) is 40.2 Å². The fourth-order valence-electron chi connectivity index (χ4n) is 2.97. The number of thiophene rings is 1. The average molecular weight is 336 g/mol. The van der Waals surface area contributed by atoms with E-state index < -0.39 is 0 Å². The Kier molecular flexibility index (Phi) is 4.55. The van der Waals surface area contributed by atoms with Crippen LogP contribution in [0.25, 0.3) is 21.3 Å². The molecular formula is C20H20N2OS. The number of nitrogens with zero attached hydrogens (tertiary/aromatic N) is 2. The van der Waals surface area contributed by atoms with Gasteiger partial charge in [0.05, 0.1) is 11.9 Å². The molecule has 0 fully saturated rings. The lowest BCUT2D eigenvalue weighted by molar-refractivity contribution is 0.686. The van der Waals surface area contributed by atoms with Gasteiger partial charge in [-0.05, 0) is 25.8 Å². The standard InChI is InChI=1S/C20H20N2OS/c1-5-7-16-21-19-18(20(23)22(16)12-6-2)17(14(4)24-19)15-10-8-13(3)9-11-15/h2,8-11H,5,7,12H2,1,3-4H3. The summed E-state index contributed by atoms with van der Waals surface area (Å²) in [5.41, 5.74) is 3.21. The van der Waals surface area contributed by atoms with Crippen LogP contribution in [0, 0.1) is 26.2 Å². The van der Waals surface area contributed by atoms with E-state index in [1.54, 1.807) is 15.9 Å². The number of fused-ring (bicyclic) bond motifs is 1. The van der Waals surface area contributed by atoms with Gasteiger partial charge >= 0.3 is 0 Å². The molecule has 3 nitrogen and oxygen atoms in total. The van der Waals surface area contributed by atoms with Crippen molar-refractivity contribution in [2.75, 3.05) is 0 Å². The summed E-state index contributed by atoms with van der Waals surface area (Å²) in [6.45, 7) is 6.44. The molecular weight excluding hydrogens is 316 g/mol. The molecule has 0 spiro atoms. The molecule has 0 bridgehead atoms. The van der Waals surface area contributed by atoms with Crippen LogP contribution in [0.2, 0.25) is 0 Å². The Morgan fingerprint density at radius 1 is 1.25 bits per heavy atom. The third-order valence-corrected chi connectivity index (χ3v) is 5.13. The molecule has 1 aromatic carbocycles. The minimum Gasteiger partial charge on any atom is -0.284 e. The molecule has 24 heavy (non-hydrogen) atoms. The van der Waals surface area contributed by atoms with E-state index in [0.29, 0.717) is 5.39 Å². The molecule has 122 valence electrons. The zero-order valence-electron chi connectivity index (χ0n) is 14.2. The van der Waals surface area contributed by atoms with Crippen LogP contribution in [0.3, 0.4) is 0 Å². The Bertz CT molecular complexity index is 988. The van der Waals surface area contributed by atoms with Crippen LogP contribution in [0.5, 0.6) is 0 Å². The molecule has 0 aliphatic rings. The molecule has 0 unspecified atom stereocenters. The number of terminal acetylenes is 1. The molecule has 2 heterocycles.